The molecule has 0 saturated heterocycles. The summed E-state index contributed by atoms with van der Waals surface area (Å²) < 4.78 is 9.84. The zero-order chi connectivity index (χ0) is 7.40. The molecule has 0 atom stereocenters. The summed E-state index contributed by atoms with van der Waals surface area (Å²) in [7, 11) is 3.20. The average molecular weight is 176 g/mol. The molecule has 11 heavy (non-hydrogen) atoms. The van der Waals surface area contributed by atoms with Crippen LogP contribution >= 0.6 is 0 Å². The smallest absolute Gasteiger partial charge is 0.522 e. The van der Waals surface area contributed by atoms with Crippen molar-refractivity contribution in [1.82, 2.24) is 0 Å². The topological polar surface area (TPSA) is 18.5 Å². The molecule has 1 aromatic carbocycles. The summed E-state index contributed by atoms with van der Waals surface area (Å²) in [4.78, 5) is 0. The molecule has 0 radical (unpaired) electrons. The van der Waals surface area contributed by atoms with Crippen molar-refractivity contribution in [3.63, 3.8) is 0 Å². The Balaban J connectivity index is 0.000001000. The SMILES string of the molecule is COc1[c-]c(OC)ccc1.[K+]. The monoisotopic (exact) mass is 176 g/mol. The van der Waals surface area contributed by atoms with E-state index in [0.717, 1.165) is 0 Å². The van der Waals surface area contributed by atoms with Gasteiger partial charge in [-0.25, -0.2) is 0 Å². The minimum absolute atomic E-state index is 0. The molecule has 0 saturated carbocycles. The van der Waals surface area contributed by atoms with E-state index in [0.29, 0.717) is 11.5 Å². The summed E-state index contributed by atoms with van der Waals surface area (Å²) in [6.07, 6.45) is 0. The van der Waals surface area contributed by atoms with Crippen LogP contribution in [0.2, 0.25) is 0 Å². The third kappa shape index (κ3) is 3.58. The van der Waals surface area contributed by atoms with Crippen LogP contribution in [0.25, 0.3) is 0 Å². The third-order valence-corrected chi connectivity index (χ3v) is 1.18. The molecule has 0 N–H and O–H groups in total. The molecule has 0 aliphatic rings. The number of hydrogen-bond donors (Lipinski definition) is 0. The fourth-order valence-corrected chi connectivity index (χ4v) is 0.666. The molecule has 2 nitrogen and oxygen atoms in total. The second-order valence-corrected chi connectivity index (χ2v) is 1.79. The van der Waals surface area contributed by atoms with Crippen LogP contribution in [0.1, 0.15) is 0 Å². The first-order valence-electron chi connectivity index (χ1n) is 2.97. The molecule has 0 aliphatic carbocycles. The molecule has 1 rings (SSSR count). The Labute approximate surface area is 109 Å². The van der Waals surface area contributed by atoms with Crippen molar-refractivity contribution < 1.29 is 60.9 Å². The summed E-state index contributed by atoms with van der Waals surface area (Å²) in [6.45, 7) is 0. The fraction of sp³-hybridized carbons (Fsp3) is 0.250. The van der Waals surface area contributed by atoms with E-state index in [2.05, 4.69) is 6.07 Å². The van der Waals surface area contributed by atoms with Gasteiger partial charge < -0.3 is 9.47 Å². The van der Waals surface area contributed by atoms with E-state index < -0.39 is 0 Å². The maximum Gasteiger partial charge on any atom is 1.00 e. The van der Waals surface area contributed by atoms with Crippen molar-refractivity contribution in [3.05, 3.63) is 24.3 Å². The van der Waals surface area contributed by atoms with Crippen molar-refractivity contribution in [2.75, 3.05) is 14.2 Å². The van der Waals surface area contributed by atoms with Gasteiger partial charge in [-0.1, -0.05) is 6.07 Å². The molecular weight excluding hydrogens is 167 g/mol. The average Bonchev–Trinajstić information content (AvgIpc) is 2.05. The van der Waals surface area contributed by atoms with Crippen LogP contribution in [-0.2, 0) is 0 Å². The van der Waals surface area contributed by atoms with Crippen LogP contribution in [0.4, 0.5) is 0 Å². The van der Waals surface area contributed by atoms with Gasteiger partial charge in [0.1, 0.15) is 0 Å². The van der Waals surface area contributed by atoms with Gasteiger partial charge in [0, 0.05) is 11.5 Å². The van der Waals surface area contributed by atoms with Crippen molar-refractivity contribution in [3.8, 4) is 11.5 Å². The van der Waals surface area contributed by atoms with E-state index in [9.17, 15) is 0 Å². The summed E-state index contributed by atoms with van der Waals surface area (Å²) in [5, 5.41) is 0. The summed E-state index contributed by atoms with van der Waals surface area (Å²) >= 11 is 0. The molecule has 0 spiro atoms. The van der Waals surface area contributed by atoms with E-state index in [1.807, 2.05) is 18.2 Å². The van der Waals surface area contributed by atoms with Crippen LogP contribution in [0.3, 0.4) is 0 Å². The Morgan fingerprint density at radius 3 is 1.91 bits per heavy atom. The Morgan fingerprint density at radius 2 is 1.55 bits per heavy atom. The Hall–Kier alpha value is 0.456. The minimum atomic E-state index is 0. The van der Waals surface area contributed by atoms with Crippen molar-refractivity contribution >= 4 is 0 Å². The number of hydrogen-bond acceptors (Lipinski definition) is 2. The normalized spacial score (nSPS) is 8.18. The van der Waals surface area contributed by atoms with Crippen LogP contribution in [0.15, 0.2) is 18.2 Å². The molecule has 54 valence electrons. The summed E-state index contributed by atoms with van der Waals surface area (Å²) in [6, 6.07) is 8.40. The van der Waals surface area contributed by atoms with Gasteiger partial charge in [0.15, 0.2) is 0 Å². The van der Waals surface area contributed by atoms with Gasteiger partial charge >= 0.3 is 51.4 Å². The molecule has 0 bridgehead atoms. The fourth-order valence-electron chi connectivity index (χ4n) is 0.666. The van der Waals surface area contributed by atoms with Crippen LogP contribution in [-0.4, -0.2) is 14.2 Å². The van der Waals surface area contributed by atoms with E-state index in [-0.39, 0.29) is 51.4 Å². The first-order chi connectivity index (χ1) is 4.86. The first kappa shape index (κ1) is 11.5. The van der Waals surface area contributed by atoms with E-state index in [1.54, 1.807) is 14.2 Å². The summed E-state index contributed by atoms with van der Waals surface area (Å²) in [5.74, 6) is 1.39. The maximum absolute atomic E-state index is 4.92. The molecule has 3 heteroatoms. The van der Waals surface area contributed by atoms with Crippen LogP contribution < -0.4 is 60.9 Å². The van der Waals surface area contributed by atoms with Crippen molar-refractivity contribution in [2.24, 2.45) is 0 Å². The molecule has 0 fully saturated rings. The zero-order valence-electron chi connectivity index (χ0n) is 7.05. The maximum atomic E-state index is 4.92. The Bertz CT molecular complexity index is 194. The second kappa shape index (κ2) is 6.03. The molecule has 1 aromatic rings. The number of methoxy groups -OCH3 is 2. The van der Waals surface area contributed by atoms with Gasteiger partial charge in [-0.15, -0.1) is 12.1 Å². The van der Waals surface area contributed by atoms with E-state index in [1.165, 1.54) is 0 Å². The minimum Gasteiger partial charge on any atom is -0.522 e. The van der Waals surface area contributed by atoms with Gasteiger partial charge in [0.05, 0.1) is 14.2 Å². The molecule has 0 aromatic heterocycles. The summed E-state index contributed by atoms with van der Waals surface area (Å²) in [5.41, 5.74) is 0. The molecule has 0 amide bonds. The molecule has 0 unspecified atom stereocenters. The van der Waals surface area contributed by atoms with Crippen molar-refractivity contribution in [1.29, 1.82) is 0 Å². The van der Waals surface area contributed by atoms with Gasteiger partial charge in [-0.3, -0.25) is 0 Å². The first-order valence-corrected chi connectivity index (χ1v) is 2.97. The van der Waals surface area contributed by atoms with E-state index in [4.69, 9.17) is 9.47 Å². The quantitative estimate of drug-likeness (QED) is 0.404. The zero-order valence-corrected chi connectivity index (χ0v) is 10.2. The molecule has 0 heterocycles. The predicted molar refractivity (Wildman–Crippen MR) is 38.4 cm³/mol. The van der Waals surface area contributed by atoms with Gasteiger partial charge in [-0.2, -0.15) is 6.07 Å². The number of benzene rings is 1. The largest absolute Gasteiger partial charge is 1.00 e. The third-order valence-electron chi connectivity index (χ3n) is 1.18. The second-order valence-electron chi connectivity index (χ2n) is 1.79. The number of ether oxygens (including phenoxy) is 2. The van der Waals surface area contributed by atoms with Gasteiger partial charge in [0.25, 0.3) is 0 Å². The number of rotatable bonds is 2. The van der Waals surface area contributed by atoms with Gasteiger partial charge in [-0.05, 0) is 0 Å². The van der Waals surface area contributed by atoms with Gasteiger partial charge in [0.2, 0.25) is 0 Å². The standard InChI is InChI=1S/C8H9O2.K/c1-9-7-4-3-5-8(6-7)10-2;/h3-5H,1-2H3;/q-1;+1. The Morgan fingerprint density at radius 1 is 1.09 bits per heavy atom. The Kier molecular flexibility index (Phi) is 6.28. The molecular formula is C8H9KO2. The predicted octanol–water partition coefficient (Wildman–Crippen LogP) is -1.49. The van der Waals surface area contributed by atoms with E-state index >= 15 is 0 Å². The van der Waals surface area contributed by atoms with Crippen LogP contribution in [0.5, 0.6) is 11.5 Å². The van der Waals surface area contributed by atoms with Crippen molar-refractivity contribution in [2.45, 2.75) is 0 Å². The molecule has 0 aliphatic heterocycles. The van der Waals surface area contributed by atoms with Crippen LogP contribution in [0, 0.1) is 6.07 Å².